The van der Waals surface area contributed by atoms with Crippen LogP contribution in [0.15, 0.2) is 17.8 Å². The largest absolute Gasteiger partial charge is 0.311 e. The van der Waals surface area contributed by atoms with Gasteiger partial charge >= 0.3 is 0 Å². The Hall–Kier alpha value is -0.580. The average molecular weight is 284 g/mol. The van der Waals surface area contributed by atoms with Gasteiger partial charge < -0.3 is 5.32 Å². The number of hydrogen-bond acceptors (Lipinski definition) is 3. The van der Waals surface area contributed by atoms with Gasteiger partial charge in [-0.2, -0.15) is 0 Å². The first-order valence-corrected chi connectivity index (χ1v) is 7.96. The van der Waals surface area contributed by atoms with Gasteiger partial charge in [-0.1, -0.05) is 6.42 Å². The highest BCUT2D eigenvalue weighted by Crippen LogP contribution is 2.31. The van der Waals surface area contributed by atoms with Crippen molar-refractivity contribution < 1.29 is 0 Å². The maximum atomic E-state index is 6.00. The Balaban J connectivity index is 1.51. The first-order chi connectivity index (χ1) is 8.86. The van der Waals surface area contributed by atoms with Gasteiger partial charge in [0.25, 0.3) is 0 Å². The molecule has 18 heavy (non-hydrogen) atoms. The van der Waals surface area contributed by atoms with Crippen molar-refractivity contribution in [1.29, 1.82) is 0 Å². The Morgan fingerprint density at radius 3 is 3.17 bits per heavy atom. The van der Waals surface area contributed by atoms with Gasteiger partial charge in [-0.15, -0.1) is 22.9 Å². The van der Waals surface area contributed by atoms with Crippen molar-refractivity contribution in [3.63, 3.8) is 0 Å². The molecule has 2 unspecified atom stereocenters. The van der Waals surface area contributed by atoms with E-state index in [-0.39, 0.29) is 0 Å². The van der Waals surface area contributed by atoms with Crippen LogP contribution in [0.2, 0.25) is 0 Å². The molecule has 0 aromatic carbocycles. The fourth-order valence-corrected chi connectivity index (χ4v) is 3.96. The van der Waals surface area contributed by atoms with E-state index in [1.165, 1.54) is 19.3 Å². The molecule has 3 nitrogen and oxygen atoms in total. The van der Waals surface area contributed by atoms with Crippen LogP contribution in [0, 0.1) is 11.8 Å². The summed E-state index contributed by atoms with van der Waals surface area (Å²) in [5.41, 5.74) is 1.13. The molecule has 2 aromatic rings. The van der Waals surface area contributed by atoms with Gasteiger partial charge in [-0.05, 0) is 31.2 Å². The monoisotopic (exact) mass is 283 g/mol. The molecule has 1 aliphatic rings. The summed E-state index contributed by atoms with van der Waals surface area (Å²) in [4.78, 5) is 5.64. The fourth-order valence-electron chi connectivity index (χ4n) is 2.83. The van der Waals surface area contributed by atoms with Crippen molar-refractivity contribution in [2.24, 2.45) is 11.8 Å². The van der Waals surface area contributed by atoms with Crippen molar-refractivity contribution in [2.75, 3.05) is 12.4 Å². The van der Waals surface area contributed by atoms with E-state index in [0.29, 0.717) is 5.92 Å². The lowest BCUT2D eigenvalue weighted by atomic mass is 9.98. The summed E-state index contributed by atoms with van der Waals surface area (Å²) in [7, 11) is 0. The van der Waals surface area contributed by atoms with E-state index in [0.717, 1.165) is 35.5 Å². The summed E-state index contributed by atoms with van der Waals surface area (Å²) >= 11 is 7.67. The summed E-state index contributed by atoms with van der Waals surface area (Å²) < 4.78 is 2.08. The molecule has 3 rings (SSSR count). The molecule has 2 aromatic heterocycles. The minimum Gasteiger partial charge on any atom is -0.311 e. The molecule has 0 spiro atoms. The van der Waals surface area contributed by atoms with E-state index in [1.807, 2.05) is 0 Å². The number of halogens is 1. The van der Waals surface area contributed by atoms with Crippen LogP contribution in [0.3, 0.4) is 0 Å². The lowest BCUT2D eigenvalue weighted by molar-refractivity contribution is 0.395. The quantitative estimate of drug-likeness (QED) is 0.854. The third-order valence-corrected chi connectivity index (χ3v) is 5.04. The number of imidazole rings is 1. The van der Waals surface area contributed by atoms with Crippen LogP contribution in [0.4, 0.5) is 0 Å². The molecule has 0 bridgehead atoms. The predicted molar refractivity (Wildman–Crippen MR) is 76.3 cm³/mol. The molecule has 1 saturated carbocycles. The van der Waals surface area contributed by atoms with Crippen molar-refractivity contribution in [3.8, 4) is 0 Å². The molecule has 98 valence electrons. The number of hydrogen-bond donors (Lipinski definition) is 1. The van der Waals surface area contributed by atoms with Gasteiger partial charge in [-0.3, -0.25) is 4.40 Å². The van der Waals surface area contributed by atoms with E-state index in [1.54, 1.807) is 11.3 Å². The van der Waals surface area contributed by atoms with Gasteiger partial charge in [0.15, 0.2) is 4.96 Å². The Labute approximate surface area is 116 Å². The molecule has 2 heterocycles. The average Bonchev–Trinajstić information content (AvgIpc) is 3.02. The maximum absolute atomic E-state index is 6.00. The second-order valence-corrected chi connectivity index (χ2v) is 6.24. The van der Waals surface area contributed by atoms with Crippen LogP contribution in [0.1, 0.15) is 25.0 Å². The maximum Gasteiger partial charge on any atom is 0.193 e. The fraction of sp³-hybridized carbons (Fsp3) is 0.615. The smallest absolute Gasteiger partial charge is 0.193 e. The summed E-state index contributed by atoms with van der Waals surface area (Å²) in [5.74, 6) is 2.28. The Morgan fingerprint density at radius 2 is 2.33 bits per heavy atom. The molecule has 1 fully saturated rings. The van der Waals surface area contributed by atoms with E-state index in [2.05, 4.69) is 32.5 Å². The molecule has 0 amide bonds. The van der Waals surface area contributed by atoms with Crippen LogP contribution in [0.25, 0.3) is 4.96 Å². The zero-order valence-corrected chi connectivity index (χ0v) is 11.9. The Kier molecular flexibility index (Phi) is 3.87. The van der Waals surface area contributed by atoms with Crippen molar-refractivity contribution in [2.45, 2.75) is 25.8 Å². The lowest BCUT2D eigenvalue weighted by Crippen LogP contribution is -2.25. The van der Waals surface area contributed by atoms with Crippen LogP contribution >= 0.6 is 22.9 Å². The molecular weight excluding hydrogens is 266 g/mol. The molecule has 1 N–H and O–H groups in total. The van der Waals surface area contributed by atoms with Crippen LogP contribution in [-0.2, 0) is 6.54 Å². The molecule has 0 radical (unpaired) electrons. The number of nitrogens with zero attached hydrogens (tertiary/aromatic N) is 2. The molecule has 0 saturated heterocycles. The number of aromatic nitrogens is 2. The number of alkyl halides is 1. The minimum absolute atomic E-state index is 0.713. The van der Waals surface area contributed by atoms with Crippen LogP contribution < -0.4 is 5.32 Å². The first kappa shape index (κ1) is 12.5. The summed E-state index contributed by atoms with van der Waals surface area (Å²) in [5, 5.41) is 5.59. The highest BCUT2D eigenvalue weighted by Gasteiger charge is 2.25. The van der Waals surface area contributed by atoms with Gasteiger partial charge in [0.2, 0.25) is 0 Å². The highest BCUT2D eigenvalue weighted by molar-refractivity contribution is 7.15. The Morgan fingerprint density at radius 1 is 1.44 bits per heavy atom. The van der Waals surface area contributed by atoms with E-state index in [4.69, 9.17) is 11.6 Å². The summed E-state index contributed by atoms with van der Waals surface area (Å²) in [6.45, 7) is 1.93. The lowest BCUT2D eigenvalue weighted by Gasteiger charge is -2.17. The molecule has 0 aliphatic heterocycles. The van der Waals surface area contributed by atoms with Gasteiger partial charge in [0.1, 0.15) is 0 Å². The second kappa shape index (κ2) is 5.59. The normalized spacial score (nSPS) is 24.1. The zero-order valence-electron chi connectivity index (χ0n) is 10.3. The van der Waals surface area contributed by atoms with Crippen molar-refractivity contribution >= 4 is 27.9 Å². The SMILES string of the molecule is ClCC1CCCC1CNCc1cn2ccsc2n1. The molecule has 2 atom stereocenters. The number of nitrogens with one attached hydrogen (secondary N) is 1. The van der Waals surface area contributed by atoms with E-state index >= 15 is 0 Å². The first-order valence-electron chi connectivity index (χ1n) is 6.54. The summed E-state index contributed by atoms with van der Waals surface area (Å²) in [6.07, 6.45) is 8.12. The third kappa shape index (κ3) is 2.56. The topological polar surface area (TPSA) is 29.3 Å². The van der Waals surface area contributed by atoms with Gasteiger partial charge in [0.05, 0.1) is 5.69 Å². The van der Waals surface area contributed by atoms with E-state index in [9.17, 15) is 0 Å². The molecular formula is C13H18ClN3S. The Bertz CT molecular complexity index is 479. The standard InChI is InChI=1S/C13H18ClN3S/c14-6-10-2-1-3-11(10)7-15-8-12-9-17-4-5-18-13(17)16-12/h4-5,9-11,15H,1-3,6-8H2. The van der Waals surface area contributed by atoms with Gasteiger partial charge in [0, 0.05) is 30.2 Å². The second-order valence-electron chi connectivity index (χ2n) is 5.06. The van der Waals surface area contributed by atoms with Crippen molar-refractivity contribution in [3.05, 3.63) is 23.5 Å². The summed E-state index contributed by atoms with van der Waals surface area (Å²) in [6, 6.07) is 0. The number of fused-ring (bicyclic) bond motifs is 1. The third-order valence-electron chi connectivity index (χ3n) is 3.87. The zero-order chi connectivity index (χ0) is 12.4. The molecule has 5 heteroatoms. The number of thiazole rings is 1. The minimum atomic E-state index is 0.713. The van der Waals surface area contributed by atoms with Crippen LogP contribution in [-0.4, -0.2) is 21.8 Å². The van der Waals surface area contributed by atoms with Crippen LogP contribution in [0.5, 0.6) is 0 Å². The molecule has 1 aliphatic carbocycles. The number of rotatable bonds is 5. The van der Waals surface area contributed by atoms with Crippen molar-refractivity contribution in [1.82, 2.24) is 14.7 Å². The predicted octanol–water partition coefficient (Wildman–Crippen LogP) is 3.14. The van der Waals surface area contributed by atoms with E-state index < -0.39 is 0 Å². The van der Waals surface area contributed by atoms with Gasteiger partial charge in [-0.25, -0.2) is 4.98 Å². The highest BCUT2D eigenvalue weighted by atomic mass is 35.5.